The molecule has 0 saturated heterocycles. The standard InChI is InChI=1S/C22H22N6S/c1-16(2)19-9-3-4-10-20(19)28-21(18-8-6-12-25-14-18)26-27-22(28)29-15-17(13-24)7-5-11-23/h3-4,6,8-10,12,14,16-17H,5,7,15H2,1-2H3/t17-/m0/s1. The number of aromatic nitrogens is 4. The highest BCUT2D eigenvalue weighted by Gasteiger charge is 2.20. The highest BCUT2D eigenvalue weighted by Crippen LogP contribution is 2.32. The van der Waals surface area contributed by atoms with Crippen LogP contribution in [0.15, 0.2) is 53.9 Å². The average molecular weight is 403 g/mol. The van der Waals surface area contributed by atoms with Gasteiger partial charge in [0.25, 0.3) is 0 Å². The Morgan fingerprint density at radius 3 is 2.62 bits per heavy atom. The Morgan fingerprint density at radius 2 is 1.93 bits per heavy atom. The van der Waals surface area contributed by atoms with E-state index >= 15 is 0 Å². The van der Waals surface area contributed by atoms with Crippen LogP contribution in [0, 0.1) is 28.6 Å². The van der Waals surface area contributed by atoms with Gasteiger partial charge in [0.15, 0.2) is 11.0 Å². The monoisotopic (exact) mass is 402 g/mol. The van der Waals surface area contributed by atoms with Crippen LogP contribution in [0.4, 0.5) is 0 Å². The third kappa shape index (κ3) is 4.82. The van der Waals surface area contributed by atoms with E-state index in [-0.39, 0.29) is 5.92 Å². The Morgan fingerprint density at radius 1 is 1.10 bits per heavy atom. The molecule has 1 atom stereocenters. The summed E-state index contributed by atoms with van der Waals surface area (Å²) in [5, 5.41) is 27.8. The van der Waals surface area contributed by atoms with Gasteiger partial charge in [0.05, 0.1) is 23.7 Å². The molecule has 146 valence electrons. The van der Waals surface area contributed by atoms with E-state index < -0.39 is 0 Å². The van der Waals surface area contributed by atoms with Gasteiger partial charge in [-0.3, -0.25) is 9.55 Å². The van der Waals surface area contributed by atoms with Crippen LogP contribution in [0.5, 0.6) is 0 Å². The zero-order chi connectivity index (χ0) is 20.6. The van der Waals surface area contributed by atoms with E-state index in [1.807, 2.05) is 24.3 Å². The van der Waals surface area contributed by atoms with Crippen molar-refractivity contribution >= 4 is 11.8 Å². The van der Waals surface area contributed by atoms with E-state index in [0.29, 0.717) is 24.5 Å². The first-order chi connectivity index (χ1) is 14.2. The second-order valence-electron chi connectivity index (χ2n) is 6.93. The molecule has 0 N–H and O–H groups in total. The van der Waals surface area contributed by atoms with E-state index in [1.54, 1.807) is 12.4 Å². The largest absolute Gasteiger partial charge is 0.270 e. The molecule has 2 heterocycles. The SMILES string of the molecule is CC(C)c1ccccc1-n1c(SC[C@H](C#N)CCC#N)nnc1-c1cccnc1. The summed E-state index contributed by atoms with van der Waals surface area (Å²) in [4.78, 5) is 4.22. The Labute approximate surface area is 175 Å². The van der Waals surface area contributed by atoms with Crippen LogP contribution in [0.1, 0.15) is 38.2 Å². The lowest BCUT2D eigenvalue weighted by Gasteiger charge is -2.17. The van der Waals surface area contributed by atoms with Crippen LogP contribution in [-0.2, 0) is 0 Å². The fourth-order valence-electron chi connectivity index (χ4n) is 3.04. The molecule has 0 aliphatic rings. The number of hydrogen-bond donors (Lipinski definition) is 0. The predicted octanol–water partition coefficient (Wildman–Crippen LogP) is 4.99. The molecule has 0 amide bonds. The molecule has 2 aromatic heterocycles. The summed E-state index contributed by atoms with van der Waals surface area (Å²) in [5.41, 5.74) is 3.10. The molecule has 6 nitrogen and oxygen atoms in total. The Bertz CT molecular complexity index is 1030. The summed E-state index contributed by atoms with van der Waals surface area (Å²) >= 11 is 1.50. The van der Waals surface area contributed by atoms with Crippen LogP contribution < -0.4 is 0 Å². The summed E-state index contributed by atoms with van der Waals surface area (Å²) in [5.74, 6) is 1.41. The molecule has 0 radical (unpaired) electrons. The summed E-state index contributed by atoms with van der Waals surface area (Å²) < 4.78 is 2.05. The Kier molecular flexibility index (Phi) is 6.99. The minimum absolute atomic E-state index is 0.202. The van der Waals surface area contributed by atoms with Gasteiger partial charge in [-0.2, -0.15) is 10.5 Å². The number of nitrogens with zero attached hydrogens (tertiary/aromatic N) is 6. The lowest BCUT2D eigenvalue weighted by molar-refractivity contribution is 0.683. The molecule has 1 aromatic carbocycles. The van der Waals surface area contributed by atoms with Crippen LogP contribution >= 0.6 is 11.8 Å². The maximum atomic E-state index is 9.39. The molecular weight excluding hydrogens is 380 g/mol. The van der Waals surface area contributed by atoms with Crippen molar-refractivity contribution in [3.63, 3.8) is 0 Å². The summed E-state index contributed by atoms with van der Waals surface area (Å²) in [6, 6.07) is 16.5. The third-order valence-corrected chi connectivity index (χ3v) is 5.65. The number of thioether (sulfide) groups is 1. The molecule has 3 aromatic rings. The number of para-hydroxylation sites is 1. The number of benzene rings is 1. The van der Waals surface area contributed by atoms with E-state index in [1.165, 1.54) is 17.3 Å². The molecular formula is C22H22N6S. The van der Waals surface area contributed by atoms with Gasteiger partial charge in [0.2, 0.25) is 0 Å². The van der Waals surface area contributed by atoms with Gasteiger partial charge < -0.3 is 0 Å². The Hall–Kier alpha value is -3.16. The second kappa shape index (κ2) is 9.86. The van der Waals surface area contributed by atoms with Crippen LogP contribution in [0.2, 0.25) is 0 Å². The topological polar surface area (TPSA) is 91.2 Å². The quantitative estimate of drug-likeness (QED) is 0.493. The highest BCUT2D eigenvalue weighted by atomic mass is 32.2. The highest BCUT2D eigenvalue weighted by molar-refractivity contribution is 7.99. The lowest BCUT2D eigenvalue weighted by atomic mass is 10.0. The van der Waals surface area contributed by atoms with Gasteiger partial charge in [-0.05, 0) is 36.1 Å². The minimum atomic E-state index is -0.202. The zero-order valence-electron chi connectivity index (χ0n) is 16.5. The normalized spacial score (nSPS) is 11.8. The van der Waals surface area contributed by atoms with Gasteiger partial charge >= 0.3 is 0 Å². The maximum Gasteiger partial charge on any atom is 0.196 e. The smallest absolute Gasteiger partial charge is 0.196 e. The molecule has 0 bridgehead atoms. The van der Waals surface area contributed by atoms with Crippen molar-refractivity contribution < 1.29 is 0 Å². The van der Waals surface area contributed by atoms with Gasteiger partial charge in [-0.25, -0.2) is 0 Å². The first-order valence-electron chi connectivity index (χ1n) is 9.50. The van der Waals surface area contributed by atoms with Crippen molar-refractivity contribution in [2.75, 3.05) is 5.75 Å². The van der Waals surface area contributed by atoms with E-state index in [4.69, 9.17) is 5.26 Å². The molecule has 29 heavy (non-hydrogen) atoms. The van der Waals surface area contributed by atoms with Gasteiger partial charge in [-0.15, -0.1) is 10.2 Å². The first-order valence-corrected chi connectivity index (χ1v) is 10.5. The lowest BCUT2D eigenvalue weighted by Crippen LogP contribution is -2.06. The predicted molar refractivity (Wildman–Crippen MR) is 113 cm³/mol. The van der Waals surface area contributed by atoms with Crippen molar-refractivity contribution in [1.29, 1.82) is 10.5 Å². The van der Waals surface area contributed by atoms with E-state index in [9.17, 15) is 5.26 Å². The first kappa shape index (κ1) is 20.6. The molecule has 0 unspecified atom stereocenters. The van der Waals surface area contributed by atoms with Gasteiger partial charge in [0, 0.05) is 30.1 Å². The fraction of sp³-hybridized carbons (Fsp3) is 0.318. The molecule has 0 fully saturated rings. The number of nitriles is 2. The van der Waals surface area contributed by atoms with Crippen molar-refractivity contribution in [3.8, 4) is 29.2 Å². The number of rotatable bonds is 8. The van der Waals surface area contributed by atoms with Gasteiger partial charge in [0.1, 0.15) is 0 Å². The van der Waals surface area contributed by atoms with Crippen LogP contribution in [-0.4, -0.2) is 25.5 Å². The number of pyridine rings is 1. The maximum absolute atomic E-state index is 9.39. The molecule has 0 aliphatic heterocycles. The van der Waals surface area contributed by atoms with Gasteiger partial charge in [-0.1, -0.05) is 43.8 Å². The molecule has 0 aliphatic carbocycles. The van der Waals surface area contributed by atoms with Crippen LogP contribution in [0.25, 0.3) is 17.1 Å². The van der Waals surface area contributed by atoms with Crippen molar-refractivity contribution in [2.45, 2.75) is 37.8 Å². The number of hydrogen-bond acceptors (Lipinski definition) is 6. The van der Waals surface area contributed by atoms with Crippen LogP contribution in [0.3, 0.4) is 0 Å². The molecule has 0 saturated carbocycles. The third-order valence-electron chi connectivity index (χ3n) is 4.55. The summed E-state index contributed by atoms with van der Waals surface area (Å²) in [7, 11) is 0. The summed E-state index contributed by atoms with van der Waals surface area (Å²) in [6.07, 6.45) is 4.45. The Balaban J connectivity index is 2.04. The zero-order valence-corrected chi connectivity index (χ0v) is 17.3. The molecule has 7 heteroatoms. The molecule has 0 spiro atoms. The van der Waals surface area contributed by atoms with Crippen molar-refractivity contribution in [3.05, 3.63) is 54.4 Å². The molecule has 3 rings (SSSR count). The average Bonchev–Trinajstić information content (AvgIpc) is 3.18. The minimum Gasteiger partial charge on any atom is -0.270 e. The van der Waals surface area contributed by atoms with E-state index in [0.717, 1.165) is 22.2 Å². The van der Waals surface area contributed by atoms with E-state index in [2.05, 4.69) is 57.9 Å². The van der Waals surface area contributed by atoms with Crippen molar-refractivity contribution in [1.82, 2.24) is 19.7 Å². The summed E-state index contributed by atoms with van der Waals surface area (Å²) in [6.45, 7) is 4.32. The fourth-order valence-corrected chi connectivity index (χ4v) is 4.04. The van der Waals surface area contributed by atoms with Crippen molar-refractivity contribution in [2.24, 2.45) is 5.92 Å². The second-order valence-corrected chi connectivity index (χ2v) is 7.92.